The predicted molar refractivity (Wildman–Crippen MR) is 65.5 cm³/mol. The summed E-state index contributed by atoms with van der Waals surface area (Å²) in [5.74, 6) is 0.708. The van der Waals surface area contributed by atoms with Crippen molar-refractivity contribution in [2.75, 3.05) is 13.6 Å². The maximum atomic E-state index is 5.71. The molecule has 0 aromatic heterocycles. The van der Waals surface area contributed by atoms with Gasteiger partial charge < -0.3 is 10.6 Å². The molecule has 15 heavy (non-hydrogen) atoms. The van der Waals surface area contributed by atoms with Crippen molar-refractivity contribution in [3.8, 4) is 0 Å². The summed E-state index contributed by atoms with van der Waals surface area (Å²) in [6.07, 6.45) is 0. The molecular weight excluding hydrogens is 184 g/mol. The normalized spacial score (nSPS) is 11.3. The van der Waals surface area contributed by atoms with Crippen molar-refractivity contribution < 1.29 is 0 Å². The van der Waals surface area contributed by atoms with Crippen LogP contribution in [0.25, 0.3) is 0 Å². The van der Waals surface area contributed by atoms with Gasteiger partial charge in [-0.25, -0.2) is 0 Å². The molecule has 1 aromatic rings. The fourth-order valence-electron chi connectivity index (χ4n) is 1.89. The van der Waals surface area contributed by atoms with E-state index in [1.807, 2.05) is 6.07 Å². The quantitative estimate of drug-likeness (QED) is 0.800. The summed E-state index contributed by atoms with van der Waals surface area (Å²) in [7, 11) is 2.16. The van der Waals surface area contributed by atoms with Gasteiger partial charge in [0.1, 0.15) is 0 Å². The molecule has 2 nitrogen and oxygen atoms in total. The van der Waals surface area contributed by atoms with Crippen LogP contribution in [0.4, 0.5) is 0 Å². The smallest absolute Gasteiger partial charge is 0.0234 e. The number of hydrogen-bond acceptors (Lipinski definition) is 2. The average Bonchev–Trinajstić information content (AvgIpc) is 2.17. The Balaban J connectivity index is 2.63. The highest BCUT2D eigenvalue weighted by Gasteiger charge is 2.05. The van der Waals surface area contributed by atoms with E-state index in [-0.39, 0.29) is 0 Å². The van der Waals surface area contributed by atoms with Crippen molar-refractivity contribution in [1.29, 1.82) is 0 Å². The maximum absolute atomic E-state index is 5.71. The summed E-state index contributed by atoms with van der Waals surface area (Å²) in [4.78, 5) is 2.35. The highest BCUT2D eigenvalue weighted by Crippen LogP contribution is 2.11. The van der Waals surface area contributed by atoms with Crippen LogP contribution in [0, 0.1) is 5.92 Å². The molecule has 2 heteroatoms. The Hall–Kier alpha value is -0.860. The zero-order valence-electron chi connectivity index (χ0n) is 10.0. The van der Waals surface area contributed by atoms with E-state index < -0.39 is 0 Å². The monoisotopic (exact) mass is 206 g/mol. The average molecular weight is 206 g/mol. The molecule has 0 saturated heterocycles. The second-order valence-corrected chi connectivity index (χ2v) is 4.56. The zero-order valence-corrected chi connectivity index (χ0v) is 10.0. The van der Waals surface area contributed by atoms with Crippen LogP contribution in [0.3, 0.4) is 0 Å². The van der Waals surface area contributed by atoms with Gasteiger partial charge in [-0.1, -0.05) is 38.1 Å². The second-order valence-electron chi connectivity index (χ2n) is 4.56. The van der Waals surface area contributed by atoms with Gasteiger partial charge in [0, 0.05) is 19.6 Å². The molecule has 0 aliphatic rings. The Morgan fingerprint density at radius 2 is 1.80 bits per heavy atom. The van der Waals surface area contributed by atoms with E-state index in [9.17, 15) is 0 Å². The largest absolute Gasteiger partial charge is 0.326 e. The van der Waals surface area contributed by atoms with Crippen molar-refractivity contribution in [2.24, 2.45) is 11.7 Å². The highest BCUT2D eigenvalue weighted by molar-refractivity contribution is 5.26. The molecule has 0 aliphatic carbocycles. The van der Waals surface area contributed by atoms with Gasteiger partial charge in [-0.2, -0.15) is 0 Å². The van der Waals surface area contributed by atoms with E-state index in [1.165, 1.54) is 11.1 Å². The van der Waals surface area contributed by atoms with Crippen LogP contribution < -0.4 is 5.73 Å². The third-order valence-electron chi connectivity index (χ3n) is 2.46. The number of rotatable bonds is 5. The Morgan fingerprint density at radius 3 is 2.33 bits per heavy atom. The number of hydrogen-bond donors (Lipinski definition) is 1. The Morgan fingerprint density at radius 1 is 1.20 bits per heavy atom. The third kappa shape index (κ3) is 4.02. The minimum absolute atomic E-state index is 0.631. The summed E-state index contributed by atoms with van der Waals surface area (Å²) in [6.45, 7) is 7.23. The Bertz CT molecular complexity index is 294. The van der Waals surface area contributed by atoms with Crippen molar-refractivity contribution in [3.63, 3.8) is 0 Å². The summed E-state index contributed by atoms with van der Waals surface area (Å²) in [6, 6.07) is 8.41. The molecule has 1 aromatic carbocycles. The summed E-state index contributed by atoms with van der Waals surface area (Å²) >= 11 is 0. The van der Waals surface area contributed by atoms with Gasteiger partial charge in [0.25, 0.3) is 0 Å². The van der Waals surface area contributed by atoms with E-state index >= 15 is 0 Å². The van der Waals surface area contributed by atoms with E-state index in [0.717, 1.165) is 13.1 Å². The van der Waals surface area contributed by atoms with E-state index in [2.05, 4.69) is 44.0 Å². The molecule has 0 unspecified atom stereocenters. The topological polar surface area (TPSA) is 29.3 Å². The lowest BCUT2D eigenvalue weighted by Crippen LogP contribution is -2.23. The molecule has 0 heterocycles. The Labute approximate surface area is 93.1 Å². The van der Waals surface area contributed by atoms with E-state index in [0.29, 0.717) is 12.5 Å². The second kappa shape index (κ2) is 5.89. The lowest BCUT2D eigenvalue weighted by Gasteiger charge is -2.20. The number of benzene rings is 1. The molecular formula is C13H22N2. The molecule has 0 saturated carbocycles. The first-order valence-electron chi connectivity index (χ1n) is 5.59. The summed E-state index contributed by atoms with van der Waals surface area (Å²) in [5.41, 5.74) is 8.32. The molecule has 84 valence electrons. The molecule has 0 fully saturated rings. The SMILES string of the molecule is CC(C)CN(C)Cc1ccccc1CN. The zero-order chi connectivity index (χ0) is 11.3. The van der Waals surface area contributed by atoms with Gasteiger partial charge in [-0.05, 0) is 24.1 Å². The fourth-order valence-corrected chi connectivity index (χ4v) is 1.89. The van der Waals surface area contributed by atoms with Gasteiger partial charge in [0.15, 0.2) is 0 Å². The Kier molecular flexibility index (Phi) is 4.79. The van der Waals surface area contributed by atoms with E-state index in [4.69, 9.17) is 5.73 Å². The minimum Gasteiger partial charge on any atom is -0.326 e. The van der Waals surface area contributed by atoms with Crippen molar-refractivity contribution in [3.05, 3.63) is 35.4 Å². The van der Waals surface area contributed by atoms with Gasteiger partial charge in [-0.3, -0.25) is 0 Å². The highest BCUT2D eigenvalue weighted by atomic mass is 15.1. The van der Waals surface area contributed by atoms with Crippen LogP contribution in [0.15, 0.2) is 24.3 Å². The van der Waals surface area contributed by atoms with Gasteiger partial charge in [0.05, 0.1) is 0 Å². The first-order valence-corrected chi connectivity index (χ1v) is 5.59. The molecule has 0 bridgehead atoms. The van der Waals surface area contributed by atoms with Crippen LogP contribution in [-0.4, -0.2) is 18.5 Å². The standard InChI is InChI=1S/C13H22N2/c1-11(2)9-15(3)10-13-7-5-4-6-12(13)8-14/h4-7,11H,8-10,14H2,1-3H3. The molecule has 1 rings (SSSR count). The van der Waals surface area contributed by atoms with Gasteiger partial charge in [0.2, 0.25) is 0 Å². The predicted octanol–water partition coefficient (Wildman–Crippen LogP) is 2.23. The molecule has 0 aliphatic heterocycles. The minimum atomic E-state index is 0.631. The fraction of sp³-hybridized carbons (Fsp3) is 0.538. The summed E-state index contributed by atoms with van der Waals surface area (Å²) < 4.78 is 0. The van der Waals surface area contributed by atoms with Gasteiger partial charge in [-0.15, -0.1) is 0 Å². The molecule has 0 spiro atoms. The van der Waals surface area contributed by atoms with Crippen LogP contribution >= 0.6 is 0 Å². The number of nitrogens with two attached hydrogens (primary N) is 1. The van der Waals surface area contributed by atoms with Crippen LogP contribution in [-0.2, 0) is 13.1 Å². The lowest BCUT2D eigenvalue weighted by molar-refractivity contribution is 0.287. The van der Waals surface area contributed by atoms with E-state index in [1.54, 1.807) is 0 Å². The summed E-state index contributed by atoms with van der Waals surface area (Å²) in [5, 5.41) is 0. The van der Waals surface area contributed by atoms with Crippen molar-refractivity contribution in [1.82, 2.24) is 4.90 Å². The van der Waals surface area contributed by atoms with Crippen LogP contribution in [0.2, 0.25) is 0 Å². The maximum Gasteiger partial charge on any atom is 0.0234 e. The van der Waals surface area contributed by atoms with Crippen molar-refractivity contribution >= 4 is 0 Å². The van der Waals surface area contributed by atoms with Crippen molar-refractivity contribution in [2.45, 2.75) is 26.9 Å². The molecule has 0 radical (unpaired) electrons. The molecule has 0 atom stereocenters. The lowest BCUT2D eigenvalue weighted by atomic mass is 10.1. The molecule has 0 amide bonds. The van der Waals surface area contributed by atoms with Crippen LogP contribution in [0.5, 0.6) is 0 Å². The first-order chi connectivity index (χ1) is 7.13. The number of nitrogens with zero attached hydrogens (tertiary/aromatic N) is 1. The van der Waals surface area contributed by atoms with Gasteiger partial charge >= 0.3 is 0 Å². The van der Waals surface area contributed by atoms with Crippen LogP contribution in [0.1, 0.15) is 25.0 Å². The first kappa shape index (κ1) is 12.2. The molecule has 2 N–H and O–H groups in total. The third-order valence-corrected chi connectivity index (χ3v) is 2.46.